The molecule has 0 spiro atoms. The van der Waals surface area contributed by atoms with Crippen LogP contribution in [0.4, 0.5) is 0 Å². The van der Waals surface area contributed by atoms with Crippen molar-refractivity contribution in [1.29, 1.82) is 0 Å². The molecular formula is C12H15ClOS. The van der Waals surface area contributed by atoms with E-state index in [0.29, 0.717) is 11.7 Å². The fourth-order valence-corrected chi connectivity index (χ4v) is 3.40. The van der Waals surface area contributed by atoms with Crippen molar-refractivity contribution >= 4 is 28.7 Å². The van der Waals surface area contributed by atoms with Gasteiger partial charge in [-0.15, -0.1) is 11.3 Å². The first kappa shape index (κ1) is 11.2. The standard InChI is InChI=1S/C12H15ClOS/c13-12-6-5-11(15-12)8-9-3-1-2-4-10(14)7-9/h5-6,9H,1-4,7-8H2. The Morgan fingerprint density at radius 1 is 1.40 bits per heavy atom. The molecule has 0 bridgehead atoms. The lowest BCUT2D eigenvalue weighted by Crippen LogP contribution is -2.07. The Bertz CT molecular complexity index is 345. The van der Waals surface area contributed by atoms with Gasteiger partial charge < -0.3 is 0 Å². The summed E-state index contributed by atoms with van der Waals surface area (Å²) in [6, 6.07) is 4.03. The smallest absolute Gasteiger partial charge is 0.133 e. The van der Waals surface area contributed by atoms with Crippen LogP contribution >= 0.6 is 22.9 Å². The third-order valence-corrected chi connectivity index (χ3v) is 4.21. The summed E-state index contributed by atoms with van der Waals surface area (Å²) in [6.45, 7) is 0. The van der Waals surface area contributed by atoms with Gasteiger partial charge in [-0.25, -0.2) is 0 Å². The van der Waals surface area contributed by atoms with Crippen LogP contribution in [0.15, 0.2) is 12.1 Å². The van der Waals surface area contributed by atoms with Gasteiger partial charge >= 0.3 is 0 Å². The summed E-state index contributed by atoms with van der Waals surface area (Å²) in [5, 5.41) is 0. The number of Topliss-reactive ketones (excluding diaryl/α,β-unsaturated/α-hetero) is 1. The van der Waals surface area contributed by atoms with Gasteiger partial charge in [0.25, 0.3) is 0 Å². The molecule has 1 fully saturated rings. The van der Waals surface area contributed by atoms with Crippen molar-refractivity contribution in [2.75, 3.05) is 0 Å². The van der Waals surface area contributed by atoms with E-state index in [1.807, 2.05) is 6.07 Å². The number of ketones is 1. The maximum Gasteiger partial charge on any atom is 0.133 e. The van der Waals surface area contributed by atoms with E-state index in [4.69, 9.17) is 11.6 Å². The van der Waals surface area contributed by atoms with Gasteiger partial charge in [0.15, 0.2) is 0 Å². The zero-order valence-electron chi connectivity index (χ0n) is 8.67. The molecule has 1 heterocycles. The molecule has 0 aromatic carbocycles. The molecule has 3 heteroatoms. The van der Waals surface area contributed by atoms with Gasteiger partial charge in [-0.2, -0.15) is 0 Å². The predicted octanol–water partition coefficient (Wildman–Crippen LogP) is 4.09. The SMILES string of the molecule is O=C1CCCCC(Cc2ccc(Cl)s2)C1. The Morgan fingerprint density at radius 2 is 2.27 bits per heavy atom. The van der Waals surface area contributed by atoms with Crippen LogP contribution in [0, 0.1) is 5.92 Å². The van der Waals surface area contributed by atoms with Crippen LogP contribution in [0.25, 0.3) is 0 Å². The number of carbonyl (C=O) groups excluding carboxylic acids is 1. The van der Waals surface area contributed by atoms with Crippen LogP contribution in [0.1, 0.15) is 37.0 Å². The van der Waals surface area contributed by atoms with E-state index >= 15 is 0 Å². The van der Waals surface area contributed by atoms with E-state index in [-0.39, 0.29) is 0 Å². The second-order valence-electron chi connectivity index (χ2n) is 4.26. The Balaban J connectivity index is 1.95. The van der Waals surface area contributed by atoms with E-state index in [1.54, 1.807) is 11.3 Å². The van der Waals surface area contributed by atoms with Crippen LogP contribution in [0.3, 0.4) is 0 Å². The Labute approximate surface area is 99.5 Å². The van der Waals surface area contributed by atoms with Crippen molar-refractivity contribution in [2.45, 2.75) is 38.5 Å². The molecule has 2 rings (SSSR count). The largest absolute Gasteiger partial charge is 0.300 e. The molecule has 1 atom stereocenters. The Kier molecular flexibility index (Phi) is 3.81. The van der Waals surface area contributed by atoms with Gasteiger partial charge in [-0.3, -0.25) is 4.79 Å². The topological polar surface area (TPSA) is 17.1 Å². The average molecular weight is 243 g/mol. The van der Waals surface area contributed by atoms with E-state index < -0.39 is 0 Å². The maximum absolute atomic E-state index is 11.5. The van der Waals surface area contributed by atoms with E-state index in [0.717, 1.165) is 30.0 Å². The number of halogens is 1. The van der Waals surface area contributed by atoms with E-state index in [2.05, 4.69) is 6.07 Å². The molecule has 0 saturated heterocycles. The van der Waals surface area contributed by atoms with Gasteiger partial charge in [0.2, 0.25) is 0 Å². The number of hydrogen-bond donors (Lipinski definition) is 0. The summed E-state index contributed by atoms with van der Waals surface area (Å²) in [5.74, 6) is 0.995. The second kappa shape index (κ2) is 5.13. The molecule has 82 valence electrons. The first-order valence-electron chi connectivity index (χ1n) is 5.50. The highest BCUT2D eigenvalue weighted by atomic mass is 35.5. The number of carbonyl (C=O) groups is 1. The lowest BCUT2D eigenvalue weighted by atomic mass is 9.95. The van der Waals surface area contributed by atoms with Gasteiger partial charge in [0.05, 0.1) is 4.34 Å². The summed E-state index contributed by atoms with van der Waals surface area (Å²) >= 11 is 7.53. The zero-order chi connectivity index (χ0) is 10.7. The first-order chi connectivity index (χ1) is 7.24. The van der Waals surface area contributed by atoms with Crippen molar-refractivity contribution in [3.8, 4) is 0 Å². The normalized spacial score (nSPS) is 22.7. The molecule has 1 saturated carbocycles. The summed E-state index contributed by atoms with van der Waals surface area (Å²) in [6.07, 6.45) is 6.08. The maximum atomic E-state index is 11.5. The number of rotatable bonds is 2. The fourth-order valence-electron chi connectivity index (χ4n) is 2.20. The van der Waals surface area contributed by atoms with Crippen molar-refractivity contribution in [1.82, 2.24) is 0 Å². The molecule has 1 aliphatic carbocycles. The van der Waals surface area contributed by atoms with Crippen molar-refractivity contribution in [2.24, 2.45) is 5.92 Å². The van der Waals surface area contributed by atoms with Crippen LogP contribution in [-0.4, -0.2) is 5.78 Å². The average Bonchev–Trinajstić information content (AvgIpc) is 2.46. The molecule has 15 heavy (non-hydrogen) atoms. The molecule has 1 aromatic heterocycles. The van der Waals surface area contributed by atoms with Crippen LogP contribution < -0.4 is 0 Å². The lowest BCUT2D eigenvalue weighted by Gasteiger charge is -2.11. The minimum atomic E-state index is 0.445. The monoisotopic (exact) mass is 242 g/mol. The predicted molar refractivity (Wildman–Crippen MR) is 64.6 cm³/mol. The fraction of sp³-hybridized carbons (Fsp3) is 0.583. The molecule has 1 aliphatic rings. The quantitative estimate of drug-likeness (QED) is 0.714. The summed E-state index contributed by atoms with van der Waals surface area (Å²) < 4.78 is 0.852. The Morgan fingerprint density at radius 3 is 3.00 bits per heavy atom. The summed E-state index contributed by atoms with van der Waals surface area (Å²) in [4.78, 5) is 12.8. The zero-order valence-corrected chi connectivity index (χ0v) is 10.2. The van der Waals surface area contributed by atoms with Gasteiger partial charge in [-0.1, -0.05) is 18.0 Å². The van der Waals surface area contributed by atoms with Crippen LogP contribution in [0.5, 0.6) is 0 Å². The van der Waals surface area contributed by atoms with Gasteiger partial charge in [0, 0.05) is 17.7 Å². The number of hydrogen-bond acceptors (Lipinski definition) is 2. The van der Waals surface area contributed by atoms with E-state index in [1.165, 1.54) is 17.7 Å². The highest BCUT2D eigenvalue weighted by Gasteiger charge is 2.18. The third kappa shape index (κ3) is 3.32. The van der Waals surface area contributed by atoms with Crippen LogP contribution in [0.2, 0.25) is 4.34 Å². The highest BCUT2D eigenvalue weighted by molar-refractivity contribution is 7.16. The molecule has 1 aromatic rings. The minimum Gasteiger partial charge on any atom is -0.300 e. The first-order valence-corrected chi connectivity index (χ1v) is 6.69. The minimum absolute atomic E-state index is 0.445. The molecule has 1 unspecified atom stereocenters. The summed E-state index contributed by atoms with van der Waals surface area (Å²) in [7, 11) is 0. The van der Waals surface area contributed by atoms with Gasteiger partial charge in [0.1, 0.15) is 5.78 Å². The third-order valence-electron chi connectivity index (χ3n) is 2.95. The van der Waals surface area contributed by atoms with Crippen molar-refractivity contribution < 1.29 is 4.79 Å². The lowest BCUT2D eigenvalue weighted by molar-refractivity contribution is -0.119. The second-order valence-corrected chi connectivity index (χ2v) is 6.06. The van der Waals surface area contributed by atoms with Crippen molar-refractivity contribution in [3.63, 3.8) is 0 Å². The summed E-state index contributed by atoms with van der Waals surface area (Å²) in [5.41, 5.74) is 0. The number of thiophene rings is 1. The molecule has 1 nitrogen and oxygen atoms in total. The molecule has 0 radical (unpaired) electrons. The molecular weight excluding hydrogens is 228 g/mol. The Hall–Kier alpha value is -0.340. The molecule has 0 N–H and O–H groups in total. The highest BCUT2D eigenvalue weighted by Crippen LogP contribution is 2.29. The molecule has 0 aliphatic heterocycles. The van der Waals surface area contributed by atoms with E-state index in [9.17, 15) is 4.79 Å². The van der Waals surface area contributed by atoms with Gasteiger partial charge in [-0.05, 0) is 37.3 Å². The van der Waals surface area contributed by atoms with Crippen molar-refractivity contribution in [3.05, 3.63) is 21.3 Å². The van der Waals surface area contributed by atoms with Crippen LogP contribution in [-0.2, 0) is 11.2 Å². The molecule has 0 amide bonds.